The lowest BCUT2D eigenvalue weighted by Gasteiger charge is -1.97. The van der Waals surface area contributed by atoms with E-state index >= 15 is 0 Å². The molecule has 8 heteroatoms. The van der Waals surface area contributed by atoms with Gasteiger partial charge in [-0.15, -0.1) is 10.2 Å². The maximum atomic E-state index is 13.0. The Morgan fingerprint density at radius 3 is 2.78 bits per heavy atom. The zero-order valence-electron chi connectivity index (χ0n) is 8.98. The first-order chi connectivity index (χ1) is 8.60. The smallest absolute Gasteiger partial charge is 0.239 e. The zero-order chi connectivity index (χ0) is 13.1. The fourth-order valence-corrected chi connectivity index (χ4v) is 1.95. The molecule has 0 fully saturated rings. The summed E-state index contributed by atoms with van der Waals surface area (Å²) in [6, 6.07) is 3.40. The van der Waals surface area contributed by atoms with Gasteiger partial charge < -0.3 is 5.73 Å². The van der Waals surface area contributed by atoms with Crippen LogP contribution in [0, 0.1) is 11.6 Å². The number of amides is 1. The SMILES string of the molecule is NCC(=O)Nc1nnc(-c2ccc(F)c(F)c2)s1. The Bertz CT molecular complexity index is 587. The third kappa shape index (κ3) is 2.66. The van der Waals surface area contributed by atoms with Crippen LogP contribution in [0.5, 0.6) is 0 Å². The lowest BCUT2D eigenvalue weighted by Crippen LogP contribution is -2.21. The Hall–Kier alpha value is -1.93. The molecule has 0 saturated heterocycles. The van der Waals surface area contributed by atoms with Crippen molar-refractivity contribution in [1.29, 1.82) is 0 Å². The van der Waals surface area contributed by atoms with E-state index in [-0.39, 0.29) is 11.7 Å². The Morgan fingerprint density at radius 1 is 1.33 bits per heavy atom. The Morgan fingerprint density at radius 2 is 2.11 bits per heavy atom. The topological polar surface area (TPSA) is 80.9 Å². The number of carbonyl (C=O) groups excluding carboxylic acids is 1. The summed E-state index contributed by atoms with van der Waals surface area (Å²) in [6.07, 6.45) is 0. The predicted molar refractivity (Wildman–Crippen MR) is 62.9 cm³/mol. The van der Waals surface area contributed by atoms with Crippen molar-refractivity contribution in [2.45, 2.75) is 0 Å². The van der Waals surface area contributed by atoms with Crippen LogP contribution in [-0.2, 0) is 4.79 Å². The molecular weight excluding hydrogens is 262 g/mol. The van der Waals surface area contributed by atoms with E-state index in [9.17, 15) is 13.6 Å². The van der Waals surface area contributed by atoms with Crippen molar-refractivity contribution < 1.29 is 13.6 Å². The van der Waals surface area contributed by atoms with E-state index in [0.717, 1.165) is 23.5 Å². The van der Waals surface area contributed by atoms with E-state index in [0.29, 0.717) is 10.6 Å². The summed E-state index contributed by atoms with van der Waals surface area (Å²) in [6.45, 7) is -0.167. The highest BCUT2D eigenvalue weighted by atomic mass is 32.1. The van der Waals surface area contributed by atoms with Crippen molar-refractivity contribution in [2.75, 3.05) is 11.9 Å². The number of benzene rings is 1. The van der Waals surface area contributed by atoms with Crippen molar-refractivity contribution in [3.8, 4) is 10.6 Å². The molecule has 2 rings (SSSR count). The van der Waals surface area contributed by atoms with Crippen LogP contribution in [0.25, 0.3) is 10.6 Å². The molecule has 0 aliphatic heterocycles. The summed E-state index contributed by atoms with van der Waals surface area (Å²) < 4.78 is 25.8. The van der Waals surface area contributed by atoms with Crippen LogP contribution in [-0.4, -0.2) is 22.6 Å². The van der Waals surface area contributed by atoms with Gasteiger partial charge in [0.1, 0.15) is 5.01 Å². The quantitative estimate of drug-likeness (QED) is 0.883. The molecule has 0 radical (unpaired) electrons. The van der Waals surface area contributed by atoms with Crippen LogP contribution >= 0.6 is 11.3 Å². The van der Waals surface area contributed by atoms with Crippen LogP contribution < -0.4 is 11.1 Å². The minimum Gasteiger partial charge on any atom is -0.322 e. The highest BCUT2D eigenvalue weighted by molar-refractivity contribution is 7.18. The largest absolute Gasteiger partial charge is 0.322 e. The van der Waals surface area contributed by atoms with E-state index in [4.69, 9.17) is 5.73 Å². The van der Waals surface area contributed by atoms with Crippen LogP contribution in [0.15, 0.2) is 18.2 Å². The van der Waals surface area contributed by atoms with Gasteiger partial charge in [-0.05, 0) is 18.2 Å². The van der Waals surface area contributed by atoms with Crippen LogP contribution in [0.3, 0.4) is 0 Å². The Labute approximate surface area is 105 Å². The second-order valence-electron chi connectivity index (χ2n) is 3.29. The van der Waals surface area contributed by atoms with Gasteiger partial charge in [-0.2, -0.15) is 0 Å². The zero-order valence-corrected chi connectivity index (χ0v) is 9.80. The predicted octanol–water partition coefficient (Wildman–Crippen LogP) is 1.38. The molecule has 94 valence electrons. The van der Waals surface area contributed by atoms with Crippen LogP contribution in [0.1, 0.15) is 0 Å². The fourth-order valence-electron chi connectivity index (χ4n) is 1.19. The van der Waals surface area contributed by atoms with Crippen molar-refractivity contribution in [2.24, 2.45) is 5.73 Å². The number of anilines is 1. The normalized spacial score (nSPS) is 10.4. The number of nitrogens with two attached hydrogens (primary N) is 1. The summed E-state index contributed by atoms with van der Waals surface area (Å²) in [7, 11) is 0. The van der Waals surface area contributed by atoms with Crippen LogP contribution in [0.4, 0.5) is 13.9 Å². The lowest BCUT2D eigenvalue weighted by molar-refractivity contribution is -0.114. The summed E-state index contributed by atoms with van der Waals surface area (Å²) in [5.74, 6) is -2.29. The number of aromatic nitrogens is 2. The maximum Gasteiger partial charge on any atom is 0.239 e. The van der Waals surface area contributed by atoms with Gasteiger partial charge in [0.2, 0.25) is 11.0 Å². The van der Waals surface area contributed by atoms with Crippen molar-refractivity contribution in [3.05, 3.63) is 29.8 Å². The monoisotopic (exact) mass is 270 g/mol. The molecule has 0 saturated carbocycles. The van der Waals surface area contributed by atoms with Gasteiger partial charge >= 0.3 is 0 Å². The molecule has 2 aromatic rings. The third-order valence-corrected chi connectivity index (χ3v) is 2.91. The van der Waals surface area contributed by atoms with Gasteiger partial charge in [-0.3, -0.25) is 10.1 Å². The molecule has 5 nitrogen and oxygen atoms in total. The highest BCUT2D eigenvalue weighted by Crippen LogP contribution is 2.27. The Kier molecular flexibility index (Phi) is 3.58. The Balaban J connectivity index is 2.23. The number of nitrogens with zero attached hydrogens (tertiary/aromatic N) is 2. The maximum absolute atomic E-state index is 13.0. The third-order valence-electron chi connectivity index (χ3n) is 2.02. The summed E-state index contributed by atoms with van der Waals surface area (Å²) in [5, 5.41) is 10.5. The first-order valence-corrected chi connectivity index (χ1v) is 5.70. The van der Waals surface area contributed by atoms with E-state index in [1.54, 1.807) is 0 Å². The molecule has 0 bridgehead atoms. The molecule has 3 N–H and O–H groups in total. The minimum absolute atomic E-state index is 0.167. The molecular formula is C10H8F2N4OS. The number of nitrogens with one attached hydrogen (secondary N) is 1. The number of carbonyl (C=O) groups is 1. The molecule has 18 heavy (non-hydrogen) atoms. The molecule has 0 atom stereocenters. The lowest BCUT2D eigenvalue weighted by atomic mass is 10.2. The second kappa shape index (κ2) is 5.15. The molecule has 0 unspecified atom stereocenters. The summed E-state index contributed by atoms with van der Waals surface area (Å²) in [4.78, 5) is 11.0. The number of halogens is 2. The average Bonchev–Trinajstić information content (AvgIpc) is 2.81. The van der Waals surface area contributed by atoms with Gasteiger partial charge in [-0.25, -0.2) is 8.78 Å². The summed E-state index contributed by atoms with van der Waals surface area (Å²) in [5.41, 5.74) is 5.52. The molecule has 1 aromatic carbocycles. The van der Waals surface area contributed by atoms with Gasteiger partial charge in [-0.1, -0.05) is 11.3 Å². The fraction of sp³-hybridized carbons (Fsp3) is 0.100. The standard InChI is InChI=1S/C10H8F2N4OS/c11-6-2-1-5(3-7(6)12)9-15-16-10(18-9)14-8(17)4-13/h1-3H,4,13H2,(H,14,16,17). The molecule has 1 amide bonds. The number of rotatable bonds is 3. The average molecular weight is 270 g/mol. The van der Waals surface area contributed by atoms with Gasteiger partial charge in [0.25, 0.3) is 0 Å². The van der Waals surface area contributed by atoms with Crippen molar-refractivity contribution >= 4 is 22.4 Å². The molecule has 0 aliphatic rings. The second-order valence-corrected chi connectivity index (χ2v) is 4.27. The van der Waals surface area contributed by atoms with Gasteiger partial charge in [0, 0.05) is 5.56 Å². The van der Waals surface area contributed by atoms with Gasteiger partial charge in [0.15, 0.2) is 11.6 Å². The molecule has 0 spiro atoms. The number of hydrogen-bond donors (Lipinski definition) is 2. The van der Waals surface area contributed by atoms with Crippen molar-refractivity contribution in [3.63, 3.8) is 0 Å². The summed E-state index contributed by atoms with van der Waals surface area (Å²) >= 11 is 1.05. The first kappa shape index (κ1) is 12.5. The van der Waals surface area contributed by atoms with Gasteiger partial charge in [0.05, 0.1) is 6.54 Å². The molecule has 1 heterocycles. The van der Waals surface area contributed by atoms with E-state index in [2.05, 4.69) is 15.5 Å². The van der Waals surface area contributed by atoms with Crippen molar-refractivity contribution in [1.82, 2.24) is 10.2 Å². The van der Waals surface area contributed by atoms with Crippen LogP contribution in [0.2, 0.25) is 0 Å². The molecule has 0 aliphatic carbocycles. The van der Waals surface area contributed by atoms with E-state index in [1.165, 1.54) is 6.07 Å². The molecule has 1 aromatic heterocycles. The van der Waals surface area contributed by atoms with E-state index in [1.807, 2.05) is 0 Å². The van der Waals surface area contributed by atoms with E-state index < -0.39 is 17.5 Å². The number of hydrogen-bond acceptors (Lipinski definition) is 5. The first-order valence-electron chi connectivity index (χ1n) is 4.89. The minimum atomic E-state index is -0.963. The highest BCUT2D eigenvalue weighted by Gasteiger charge is 2.10.